The first-order valence-electron chi connectivity index (χ1n) is 5.23. The third-order valence-corrected chi connectivity index (χ3v) is 4.29. The number of carbonyl (C=O) groups excluding carboxylic acids is 1. The number of nitriles is 1. The van der Waals surface area contributed by atoms with Crippen molar-refractivity contribution >= 4 is 5.78 Å². The van der Waals surface area contributed by atoms with Crippen molar-refractivity contribution in [1.29, 1.82) is 5.26 Å². The molecule has 0 aromatic heterocycles. The van der Waals surface area contributed by atoms with Gasteiger partial charge in [-0.2, -0.15) is 5.26 Å². The maximum absolute atomic E-state index is 11.8. The molecule has 4 aliphatic rings. The predicted molar refractivity (Wildman–Crippen MR) is 46.5 cm³/mol. The lowest BCUT2D eigenvalue weighted by Crippen LogP contribution is -2.50. The lowest BCUT2D eigenvalue weighted by atomic mass is 9.51. The molecular formula is C11H13NO. The Morgan fingerprint density at radius 2 is 2.08 bits per heavy atom. The van der Waals surface area contributed by atoms with Crippen LogP contribution in [-0.4, -0.2) is 5.78 Å². The van der Waals surface area contributed by atoms with Crippen LogP contribution in [0.4, 0.5) is 0 Å². The monoisotopic (exact) mass is 175 g/mol. The molecule has 68 valence electrons. The largest absolute Gasteiger partial charge is 0.299 e. The van der Waals surface area contributed by atoms with Crippen LogP contribution in [0.5, 0.6) is 0 Å². The van der Waals surface area contributed by atoms with E-state index in [1.54, 1.807) is 0 Å². The van der Waals surface area contributed by atoms with Crippen molar-refractivity contribution in [2.75, 3.05) is 0 Å². The van der Waals surface area contributed by atoms with Gasteiger partial charge in [0, 0.05) is 11.8 Å². The zero-order valence-electron chi connectivity index (χ0n) is 7.57. The first-order valence-corrected chi connectivity index (χ1v) is 5.23. The van der Waals surface area contributed by atoms with Crippen LogP contribution in [0.1, 0.15) is 25.7 Å². The SMILES string of the molecule is N#C[C@@H]1C2CC3CC(C2)C(=O)C1C3. The van der Waals surface area contributed by atoms with Gasteiger partial charge in [-0.25, -0.2) is 0 Å². The molecule has 4 saturated carbocycles. The van der Waals surface area contributed by atoms with Crippen LogP contribution in [0.3, 0.4) is 0 Å². The van der Waals surface area contributed by atoms with E-state index in [4.69, 9.17) is 5.26 Å². The zero-order chi connectivity index (χ0) is 9.00. The van der Waals surface area contributed by atoms with Crippen molar-refractivity contribution in [2.24, 2.45) is 29.6 Å². The van der Waals surface area contributed by atoms with E-state index in [9.17, 15) is 4.79 Å². The Balaban J connectivity index is 1.99. The highest BCUT2D eigenvalue weighted by atomic mass is 16.1. The maximum Gasteiger partial charge on any atom is 0.140 e. The van der Waals surface area contributed by atoms with E-state index in [1.165, 1.54) is 6.42 Å². The summed E-state index contributed by atoms with van der Waals surface area (Å²) in [5.74, 6) is 2.29. The summed E-state index contributed by atoms with van der Waals surface area (Å²) in [5.41, 5.74) is 0. The summed E-state index contributed by atoms with van der Waals surface area (Å²) in [7, 11) is 0. The number of rotatable bonds is 0. The van der Waals surface area contributed by atoms with E-state index in [0.717, 1.165) is 25.2 Å². The molecule has 0 aromatic carbocycles. The quantitative estimate of drug-likeness (QED) is 0.563. The smallest absolute Gasteiger partial charge is 0.140 e. The fourth-order valence-electron chi connectivity index (χ4n) is 3.83. The molecule has 0 amide bonds. The van der Waals surface area contributed by atoms with Crippen molar-refractivity contribution < 1.29 is 4.79 Å². The Labute approximate surface area is 77.9 Å². The van der Waals surface area contributed by atoms with Gasteiger partial charge in [0.25, 0.3) is 0 Å². The molecule has 0 saturated heterocycles. The number of nitrogens with zero attached hydrogens (tertiary/aromatic N) is 1. The van der Waals surface area contributed by atoms with Crippen molar-refractivity contribution in [3.05, 3.63) is 0 Å². The molecule has 4 aliphatic carbocycles. The molecular weight excluding hydrogens is 162 g/mol. The second-order valence-electron chi connectivity index (χ2n) is 4.93. The third kappa shape index (κ3) is 0.852. The fourth-order valence-corrected chi connectivity index (χ4v) is 3.83. The second-order valence-corrected chi connectivity index (χ2v) is 4.93. The summed E-state index contributed by atoms with van der Waals surface area (Å²) < 4.78 is 0. The van der Waals surface area contributed by atoms with E-state index in [1.807, 2.05) is 0 Å². The van der Waals surface area contributed by atoms with E-state index < -0.39 is 0 Å². The molecule has 5 atom stereocenters. The van der Waals surface area contributed by atoms with Gasteiger partial charge in [0.2, 0.25) is 0 Å². The van der Waals surface area contributed by atoms with Crippen LogP contribution in [0.15, 0.2) is 0 Å². The van der Waals surface area contributed by atoms with E-state index >= 15 is 0 Å². The second kappa shape index (κ2) is 2.35. The number of ketones is 1. The molecule has 4 fully saturated rings. The molecule has 4 unspecified atom stereocenters. The lowest BCUT2D eigenvalue weighted by molar-refractivity contribution is -0.143. The number of hydrogen-bond acceptors (Lipinski definition) is 2. The average Bonchev–Trinajstić information content (AvgIpc) is 2.13. The molecule has 0 aromatic rings. The molecule has 13 heavy (non-hydrogen) atoms. The van der Waals surface area contributed by atoms with Crippen LogP contribution in [0, 0.1) is 40.9 Å². The molecule has 0 spiro atoms. The summed E-state index contributed by atoms with van der Waals surface area (Å²) in [4.78, 5) is 11.8. The van der Waals surface area contributed by atoms with Gasteiger partial charge in [-0.15, -0.1) is 0 Å². The first kappa shape index (κ1) is 7.55. The predicted octanol–water partition coefficient (Wildman–Crippen LogP) is 1.76. The highest BCUT2D eigenvalue weighted by molar-refractivity contribution is 5.86. The summed E-state index contributed by atoms with van der Waals surface area (Å²) >= 11 is 0. The van der Waals surface area contributed by atoms with E-state index in [-0.39, 0.29) is 11.8 Å². The molecule has 0 aliphatic heterocycles. The van der Waals surface area contributed by atoms with Crippen LogP contribution in [-0.2, 0) is 4.79 Å². The minimum Gasteiger partial charge on any atom is -0.299 e. The van der Waals surface area contributed by atoms with Crippen LogP contribution in [0.2, 0.25) is 0 Å². The molecule has 0 heterocycles. The lowest BCUT2D eigenvalue weighted by Gasteiger charge is -2.50. The molecule has 2 heteroatoms. The number of Topliss-reactive ketones (excluding diaryl/α,β-unsaturated/α-hetero) is 1. The molecule has 0 radical (unpaired) electrons. The molecule has 0 N–H and O–H groups in total. The summed E-state index contributed by atoms with van der Waals surface area (Å²) in [6.07, 6.45) is 4.39. The van der Waals surface area contributed by atoms with Gasteiger partial charge in [0.15, 0.2) is 0 Å². The average molecular weight is 175 g/mol. The Morgan fingerprint density at radius 3 is 2.85 bits per heavy atom. The summed E-state index contributed by atoms with van der Waals surface area (Å²) in [6, 6.07) is 2.36. The number of carbonyl (C=O) groups is 1. The van der Waals surface area contributed by atoms with Crippen molar-refractivity contribution in [3.63, 3.8) is 0 Å². The van der Waals surface area contributed by atoms with Crippen LogP contribution < -0.4 is 0 Å². The topological polar surface area (TPSA) is 40.9 Å². The Hall–Kier alpha value is -0.840. The van der Waals surface area contributed by atoms with E-state index in [0.29, 0.717) is 17.6 Å². The Bertz CT molecular complexity index is 304. The van der Waals surface area contributed by atoms with Crippen molar-refractivity contribution in [2.45, 2.75) is 25.7 Å². The van der Waals surface area contributed by atoms with Gasteiger partial charge in [0.05, 0.1) is 12.0 Å². The van der Waals surface area contributed by atoms with Gasteiger partial charge in [0.1, 0.15) is 5.78 Å². The fraction of sp³-hybridized carbons (Fsp3) is 0.818. The van der Waals surface area contributed by atoms with Gasteiger partial charge in [-0.05, 0) is 37.5 Å². The Kier molecular flexibility index (Phi) is 1.36. The van der Waals surface area contributed by atoms with E-state index in [2.05, 4.69) is 6.07 Å². The Morgan fingerprint density at radius 1 is 1.23 bits per heavy atom. The molecule has 2 nitrogen and oxygen atoms in total. The maximum atomic E-state index is 11.8. The van der Waals surface area contributed by atoms with Gasteiger partial charge < -0.3 is 0 Å². The minimum atomic E-state index is 0.0697. The first-order chi connectivity index (χ1) is 6.29. The molecule has 4 bridgehead atoms. The van der Waals surface area contributed by atoms with Crippen LogP contribution >= 0.6 is 0 Å². The van der Waals surface area contributed by atoms with Gasteiger partial charge in [-0.1, -0.05) is 0 Å². The summed E-state index contributed by atoms with van der Waals surface area (Å²) in [6.45, 7) is 0. The van der Waals surface area contributed by atoms with Crippen LogP contribution in [0.25, 0.3) is 0 Å². The van der Waals surface area contributed by atoms with Gasteiger partial charge in [-0.3, -0.25) is 4.79 Å². The number of hydrogen-bond donors (Lipinski definition) is 0. The standard InChI is InChI=1S/C11H13NO/c12-5-10-7-1-6-2-8(4-7)11(13)9(10)3-6/h6-10H,1-4H2/t6?,7?,8?,9?,10-/m1/s1. The zero-order valence-corrected chi connectivity index (χ0v) is 7.57. The minimum absolute atomic E-state index is 0.0697. The highest BCUT2D eigenvalue weighted by Crippen LogP contribution is 2.54. The molecule has 4 rings (SSSR count). The highest BCUT2D eigenvalue weighted by Gasteiger charge is 2.53. The third-order valence-electron chi connectivity index (χ3n) is 4.29. The van der Waals surface area contributed by atoms with Crippen molar-refractivity contribution in [1.82, 2.24) is 0 Å². The van der Waals surface area contributed by atoms with Gasteiger partial charge >= 0.3 is 0 Å². The van der Waals surface area contributed by atoms with Crippen molar-refractivity contribution in [3.8, 4) is 6.07 Å². The normalized spacial score (nSPS) is 52.2. The summed E-state index contributed by atoms with van der Waals surface area (Å²) in [5, 5.41) is 9.01.